The molecule has 1 heterocycles. The standard InChI is InChI=1S/C21H15F8N3O3/c1-12(19(22,23)20(24,25)26)34-17(33)10-13-2-4-14(5-3-13)18-30-11-32(31-18)15-6-8-16(9-7-15)35-21(27,28)29/h2-9,11-12H,10H2,1H3. The molecule has 0 aliphatic rings. The van der Waals surface area contributed by atoms with Crippen molar-refractivity contribution in [2.45, 2.75) is 37.9 Å². The molecule has 0 amide bonds. The van der Waals surface area contributed by atoms with E-state index in [0.717, 1.165) is 12.1 Å². The fraction of sp³-hybridized carbons (Fsp3) is 0.286. The molecule has 0 saturated heterocycles. The van der Waals surface area contributed by atoms with Crippen LogP contribution in [0.4, 0.5) is 35.1 Å². The van der Waals surface area contributed by atoms with Crippen molar-refractivity contribution in [1.82, 2.24) is 14.8 Å². The van der Waals surface area contributed by atoms with Gasteiger partial charge < -0.3 is 9.47 Å². The first kappa shape index (κ1) is 25.9. The van der Waals surface area contributed by atoms with Gasteiger partial charge in [-0.3, -0.25) is 4.79 Å². The van der Waals surface area contributed by atoms with Crippen LogP contribution in [-0.2, 0) is 16.0 Å². The molecule has 2 aromatic carbocycles. The van der Waals surface area contributed by atoms with Crippen molar-refractivity contribution >= 4 is 5.97 Å². The highest BCUT2D eigenvalue weighted by molar-refractivity contribution is 5.73. The molecule has 0 N–H and O–H groups in total. The number of carbonyl (C=O) groups is 1. The average molecular weight is 509 g/mol. The zero-order chi connectivity index (χ0) is 26.0. The molecule has 1 aromatic heterocycles. The van der Waals surface area contributed by atoms with E-state index in [2.05, 4.69) is 19.6 Å². The SMILES string of the molecule is CC(OC(=O)Cc1ccc(-c2ncn(-c3ccc(OC(F)(F)F)cc3)n2)cc1)C(F)(F)C(F)(F)F. The van der Waals surface area contributed by atoms with Gasteiger partial charge >= 0.3 is 24.4 Å². The average Bonchev–Trinajstić information content (AvgIpc) is 3.23. The molecule has 0 radical (unpaired) electrons. The van der Waals surface area contributed by atoms with E-state index in [1.54, 1.807) is 0 Å². The highest BCUT2D eigenvalue weighted by Crippen LogP contribution is 2.39. The van der Waals surface area contributed by atoms with E-state index < -0.39 is 42.7 Å². The number of hydrogen-bond acceptors (Lipinski definition) is 5. The normalized spacial score (nSPS) is 13.4. The summed E-state index contributed by atoms with van der Waals surface area (Å²) in [6.45, 7) is 0.452. The predicted octanol–water partition coefficient (Wildman–Crippen LogP) is 5.50. The van der Waals surface area contributed by atoms with E-state index in [-0.39, 0.29) is 11.4 Å². The Balaban J connectivity index is 1.63. The maximum Gasteiger partial charge on any atom is 0.573 e. The van der Waals surface area contributed by atoms with Gasteiger partial charge in [0.05, 0.1) is 12.1 Å². The molecule has 0 aliphatic carbocycles. The Morgan fingerprint density at radius 3 is 2.09 bits per heavy atom. The summed E-state index contributed by atoms with van der Waals surface area (Å²) in [5, 5.41) is 4.20. The number of nitrogens with zero attached hydrogens (tertiary/aromatic N) is 3. The smallest absolute Gasteiger partial charge is 0.456 e. The van der Waals surface area contributed by atoms with Crippen molar-refractivity contribution in [3.63, 3.8) is 0 Å². The topological polar surface area (TPSA) is 66.2 Å². The molecule has 188 valence electrons. The van der Waals surface area contributed by atoms with Gasteiger partial charge in [-0.1, -0.05) is 24.3 Å². The second-order valence-electron chi connectivity index (χ2n) is 7.18. The van der Waals surface area contributed by atoms with Crippen molar-refractivity contribution < 1.29 is 49.4 Å². The van der Waals surface area contributed by atoms with E-state index in [9.17, 15) is 39.9 Å². The van der Waals surface area contributed by atoms with Gasteiger partial charge in [0.2, 0.25) is 0 Å². The number of esters is 1. The molecule has 6 nitrogen and oxygen atoms in total. The van der Waals surface area contributed by atoms with Gasteiger partial charge in [0.25, 0.3) is 0 Å². The first-order chi connectivity index (χ1) is 16.2. The summed E-state index contributed by atoms with van der Waals surface area (Å²) in [4.78, 5) is 15.9. The number of halogens is 8. The number of hydrogen-bond donors (Lipinski definition) is 0. The molecule has 14 heteroatoms. The lowest BCUT2D eigenvalue weighted by Crippen LogP contribution is -2.47. The van der Waals surface area contributed by atoms with Crippen LogP contribution in [0.3, 0.4) is 0 Å². The first-order valence-electron chi connectivity index (χ1n) is 9.67. The summed E-state index contributed by atoms with van der Waals surface area (Å²) in [6, 6.07) is 10.6. The van der Waals surface area contributed by atoms with Crippen molar-refractivity contribution in [1.29, 1.82) is 0 Å². The van der Waals surface area contributed by atoms with Gasteiger partial charge in [-0.2, -0.15) is 22.0 Å². The zero-order valence-corrected chi connectivity index (χ0v) is 17.6. The molecule has 35 heavy (non-hydrogen) atoms. The first-order valence-corrected chi connectivity index (χ1v) is 9.67. The molecule has 0 saturated carbocycles. The molecule has 3 rings (SSSR count). The van der Waals surface area contributed by atoms with Crippen LogP contribution >= 0.6 is 0 Å². The minimum atomic E-state index is -5.86. The fourth-order valence-corrected chi connectivity index (χ4v) is 2.80. The molecule has 0 spiro atoms. The molecular formula is C21H15F8N3O3. The Morgan fingerprint density at radius 1 is 0.943 bits per heavy atom. The van der Waals surface area contributed by atoms with Crippen molar-refractivity contribution in [3.8, 4) is 22.8 Å². The monoisotopic (exact) mass is 509 g/mol. The lowest BCUT2D eigenvalue weighted by molar-refractivity contribution is -0.311. The lowest BCUT2D eigenvalue weighted by Gasteiger charge is -2.25. The highest BCUT2D eigenvalue weighted by atomic mass is 19.4. The van der Waals surface area contributed by atoms with Crippen molar-refractivity contribution in [3.05, 3.63) is 60.4 Å². The van der Waals surface area contributed by atoms with Gasteiger partial charge in [0.1, 0.15) is 12.1 Å². The summed E-state index contributed by atoms with van der Waals surface area (Å²) in [5.41, 5.74) is 1.14. The van der Waals surface area contributed by atoms with E-state index >= 15 is 0 Å². The molecule has 0 aliphatic heterocycles. The fourth-order valence-electron chi connectivity index (χ4n) is 2.80. The second kappa shape index (κ2) is 9.50. The van der Waals surface area contributed by atoms with Gasteiger partial charge in [0, 0.05) is 5.56 Å². The van der Waals surface area contributed by atoms with Crippen LogP contribution < -0.4 is 4.74 Å². The molecule has 1 unspecified atom stereocenters. The highest BCUT2D eigenvalue weighted by Gasteiger charge is 2.62. The summed E-state index contributed by atoms with van der Waals surface area (Å²) in [7, 11) is 0. The zero-order valence-electron chi connectivity index (χ0n) is 17.6. The second-order valence-corrected chi connectivity index (χ2v) is 7.18. The van der Waals surface area contributed by atoms with Crippen LogP contribution in [0.5, 0.6) is 5.75 Å². The summed E-state index contributed by atoms with van der Waals surface area (Å²) in [5.74, 6) is -6.65. The van der Waals surface area contributed by atoms with Crippen LogP contribution in [0.2, 0.25) is 0 Å². The summed E-state index contributed by atoms with van der Waals surface area (Å²) < 4.78 is 110. The van der Waals surface area contributed by atoms with Crippen LogP contribution in [0.15, 0.2) is 54.9 Å². The summed E-state index contributed by atoms with van der Waals surface area (Å²) >= 11 is 0. The van der Waals surface area contributed by atoms with Crippen LogP contribution in [0, 0.1) is 0 Å². The maximum absolute atomic E-state index is 13.2. The third kappa shape index (κ3) is 6.45. The number of alkyl halides is 8. The number of rotatable bonds is 7. The molecule has 0 bridgehead atoms. The van der Waals surface area contributed by atoms with E-state index in [4.69, 9.17) is 0 Å². The van der Waals surface area contributed by atoms with Crippen molar-refractivity contribution in [2.75, 3.05) is 0 Å². The van der Waals surface area contributed by atoms with E-state index in [1.165, 1.54) is 47.4 Å². The summed E-state index contributed by atoms with van der Waals surface area (Å²) in [6.07, 6.45) is -12.6. The Hall–Kier alpha value is -3.71. The van der Waals surface area contributed by atoms with Gasteiger partial charge in [-0.05, 0) is 36.8 Å². The molecule has 0 fully saturated rings. The number of ether oxygens (including phenoxy) is 2. The van der Waals surface area contributed by atoms with Gasteiger partial charge in [-0.25, -0.2) is 9.67 Å². The number of benzene rings is 2. The third-order valence-corrected chi connectivity index (χ3v) is 4.58. The van der Waals surface area contributed by atoms with Crippen LogP contribution in [0.25, 0.3) is 17.1 Å². The quantitative estimate of drug-likeness (QED) is 0.311. The van der Waals surface area contributed by atoms with E-state index in [0.29, 0.717) is 18.2 Å². The Morgan fingerprint density at radius 2 is 1.54 bits per heavy atom. The van der Waals surface area contributed by atoms with Crippen molar-refractivity contribution in [2.24, 2.45) is 0 Å². The van der Waals surface area contributed by atoms with Gasteiger partial charge in [-0.15, -0.1) is 18.3 Å². The van der Waals surface area contributed by atoms with E-state index in [1.807, 2.05) is 0 Å². The van der Waals surface area contributed by atoms with Crippen LogP contribution in [-0.4, -0.2) is 45.3 Å². The molecule has 3 aromatic rings. The number of aromatic nitrogens is 3. The Bertz CT molecular complexity index is 1160. The maximum atomic E-state index is 13.2. The molecule has 1 atom stereocenters. The minimum absolute atomic E-state index is 0.216. The Kier molecular flexibility index (Phi) is 7.03. The Labute approximate surface area is 192 Å². The largest absolute Gasteiger partial charge is 0.573 e. The van der Waals surface area contributed by atoms with Crippen LogP contribution in [0.1, 0.15) is 12.5 Å². The predicted molar refractivity (Wildman–Crippen MR) is 104 cm³/mol. The number of carbonyl (C=O) groups excluding carboxylic acids is 1. The lowest BCUT2D eigenvalue weighted by atomic mass is 10.1. The minimum Gasteiger partial charge on any atom is -0.456 e. The van der Waals surface area contributed by atoms with Gasteiger partial charge in [0.15, 0.2) is 11.9 Å². The molecular weight excluding hydrogens is 494 g/mol. The third-order valence-electron chi connectivity index (χ3n) is 4.58.